The number of amides is 1. The number of carbonyl (C=O) groups excluding carboxylic acids is 1. The van der Waals surface area contributed by atoms with Gasteiger partial charge in [0.15, 0.2) is 0 Å². The first kappa shape index (κ1) is 12.0. The lowest BCUT2D eigenvalue weighted by atomic mass is 10.2. The second-order valence-electron chi connectivity index (χ2n) is 3.81. The summed E-state index contributed by atoms with van der Waals surface area (Å²) in [6.45, 7) is 3.23. The quantitative estimate of drug-likeness (QED) is 0.643. The highest BCUT2D eigenvalue weighted by molar-refractivity contribution is 5.76. The summed E-state index contributed by atoms with van der Waals surface area (Å²) in [5.74, 6) is 0.360. The van der Waals surface area contributed by atoms with Crippen molar-refractivity contribution in [3.63, 3.8) is 0 Å². The van der Waals surface area contributed by atoms with E-state index in [1.807, 2.05) is 6.92 Å². The molecule has 1 unspecified atom stereocenters. The van der Waals surface area contributed by atoms with E-state index in [0.29, 0.717) is 25.6 Å². The summed E-state index contributed by atoms with van der Waals surface area (Å²) >= 11 is 0. The Balaban J connectivity index is 2.09. The molecule has 0 aromatic carbocycles. The highest BCUT2D eigenvalue weighted by Crippen LogP contribution is 2.32. The predicted octanol–water partition coefficient (Wildman–Crippen LogP) is 1.22. The molecule has 1 N–H and O–H groups in total. The fourth-order valence-corrected chi connectivity index (χ4v) is 1.41. The molecule has 15 heavy (non-hydrogen) atoms. The van der Waals surface area contributed by atoms with Crippen LogP contribution in [-0.2, 0) is 9.53 Å². The van der Waals surface area contributed by atoms with E-state index in [2.05, 4.69) is 11.4 Å². The Morgan fingerprint density at radius 1 is 1.67 bits per heavy atom. The van der Waals surface area contributed by atoms with Crippen molar-refractivity contribution in [1.29, 1.82) is 5.26 Å². The van der Waals surface area contributed by atoms with Gasteiger partial charge in [-0.15, -0.1) is 0 Å². The van der Waals surface area contributed by atoms with Gasteiger partial charge in [0.1, 0.15) is 6.04 Å². The Morgan fingerprint density at radius 2 is 2.40 bits per heavy atom. The third kappa shape index (κ3) is 4.80. The van der Waals surface area contributed by atoms with E-state index in [9.17, 15) is 4.79 Å². The number of carbonyl (C=O) groups is 1. The van der Waals surface area contributed by atoms with E-state index in [4.69, 9.17) is 10.00 Å². The number of nitriles is 1. The molecule has 0 aromatic heterocycles. The van der Waals surface area contributed by atoms with E-state index in [-0.39, 0.29) is 11.9 Å². The average molecular weight is 210 g/mol. The van der Waals surface area contributed by atoms with Gasteiger partial charge in [0, 0.05) is 19.6 Å². The standard InChI is InChI=1S/C11H18N2O2/c1-2-15-7-3-4-11(14)13-10(8-12)9-5-6-9/h9-10H,2-7H2,1H3,(H,13,14). The topological polar surface area (TPSA) is 62.1 Å². The lowest BCUT2D eigenvalue weighted by Gasteiger charge is -2.09. The molecule has 4 nitrogen and oxygen atoms in total. The summed E-state index contributed by atoms with van der Waals surface area (Å²) in [7, 11) is 0. The van der Waals surface area contributed by atoms with Gasteiger partial charge in [-0.1, -0.05) is 0 Å². The number of hydrogen-bond donors (Lipinski definition) is 1. The maximum Gasteiger partial charge on any atom is 0.221 e. The van der Waals surface area contributed by atoms with Crippen LogP contribution < -0.4 is 5.32 Å². The van der Waals surface area contributed by atoms with E-state index in [0.717, 1.165) is 19.3 Å². The summed E-state index contributed by atoms with van der Waals surface area (Å²) in [6, 6.07) is 1.86. The summed E-state index contributed by atoms with van der Waals surface area (Å²) in [6.07, 6.45) is 3.31. The zero-order chi connectivity index (χ0) is 11.1. The second kappa shape index (κ2) is 6.41. The van der Waals surface area contributed by atoms with E-state index >= 15 is 0 Å². The number of ether oxygens (including phenoxy) is 1. The van der Waals surface area contributed by atoms with Crippen molar-refractivity contribution >= 4 is 5.91 Å². The molecule has 1 aliphatic rings. The van der Waals surface area contributed by atoms with E-state index in [1.54, 1.807) is 0 Å². The molecule has 1 atom stereocenters. The minimum absolute atomic E-state index is 0.0341. The third-order valence-electron chi connectivity index (χ3n) is 2.45. The van der Waals surface area contributed by atoms with Gasteiger partial charge in [-0.05, 0) is 32.1 Å². The minimum Gasteiger partial charge on any atom is -0.382 e. The Bertz CT molecular complexity index is 243. The van der Waals surface area contributed by atoms with Gasteiger partial charge in [0.2, 0.25) is 5.91 Å². The van der Waals surface area contributed by atoms with Gasteiger partial charge in [0.05, 0.1) is 6.07 Å². The smallest absolute Gasteiger partial charge is 0.221 e. The van der Waals surface area contributed by atoms with Crippen LogP contribution in [0.15, 0.2) is 0 Å². The molecule has 1 fully saturated rings. The molecule has 1 rings (SSSR count). The van der Waals surface area contributed by atoms with Crippen molar-refractivity contribution in [2.24, 2.45) is 5.92 Å². The zero-order valence-electron chi connectivity index (χ0n) is 9.16. The molecule has 0 heterocycles. The van der Waals surface area contributed by atoms with Crippen LogP contribution in [0.3, 0.4) is 0 Å². The van der Waals surface area contributed by atoms with Crippen LogP contribution in [0.25, 0.3) is 0 Å². The molecule has 0 bridgehead atoms. The van der Waals surface area contributed by atoms with Crippen LogP contribution in [0.5, 0.6) is 0 Å². The predicted molar refractivity (Wildman–Crippen MR) is 56.0 cm³/mol. The fourth-order valence-electron chi connectivity index (χ4n) is 1.41. The summed E-state index contributed by atoms with van der Waals surface area (Å²) in [4.78, 5) is 11.4. The maximum absolute atomic E-state index is 11.4. The first-order valence-corrected chi connectivity index (χ1v) is 5.54. The van der Waals surface area contributed by atoms with Gasteiger partial charge >= 0.3 is 0 Å². The molecule has 1 aliphatic carbocycles. The van der Waals surface area contributed by atoms with Crippen LogP contribution in [-0.4, -0.2) is 25.2 Å². The van der Waals surface area contributed by atoms with Crippen molar-refractivity contribution in [3.8, 4) is 6.07 Å². The van der Waals surface area contributed by atoms with Crippen molar-refractivity contribution < 1.29 is 9.53 Å². The number of hydrogen-bond acceptors (Lipinski definition) is 3. The van der Waals surface area contributed by atoms with Crippen molar-refractivity contribution in [3.05, 3.63) is 0 Å². The third-order valence-corrected chi connectivity index (χ3v) is 2.45. The van der Waals surface area contributed by atoms with E-state index in [1.165, 1.54) is 0 Å². The van der Waals surface area contributed by atoms with Crippen molar-refractivity contribution in [1.82, 2.24) is 5.32 Å². The molecule has 0 saturated heterocycles. The second-order valence-corrected chi connectivity index (χ2v) is 3.81. The molecule has 1 amide bonds. The molecular weight excluding hydrogens is 192 g/mol. The Labute approximate surface area is 90.6 Å². The van der Waals surface area contributed by atoms with Gasteiger partial charge < -0.3 is 10.1 Å². The fraction of sp³-hybridized carbons (Fsp3) is 0.818. The maximum atomic E-state index is 11.4. The minimum atomic E-state index is -0.274. The van der Waals surface area contributed by atoms with Gasteiger partial charge in [-0.2, -0.15) is 5.26 Å². The Morgan fingerprint density at radius 3 is 2.93 bits per heavy atom. The van der Waals surface area contributed by atoms with Gasteiger partial charge in [-0.3, -0.25) is 4.79 Å². The Kier molecular flexibility index (Phi) is 5.13. The first-order valence-electron chi connectivity index (χ1n) is 5.54. The van der Waals surface area contributed by atoms with Crippen molar-refractivity contribution in [2.45, 2.75) is 38.6 Å². The molecule has 4 heteroatoms. The van der Waals surface area contributed by atoms with Gasteiger partial charge in [-0.25, -0.2) is 0 Å². The van der Waals surface area contributed by atoms with Crippen LogP contribution in [0.4, 0.5) is 0 Å². The van der Waals surface area contributed by atoms with Crippen LogP contribution in [0, 0.1) is 17.2 Å². The van der Waals surface area contributed by atoms with Crippen LogP contribution >= 0.6 is 0 Å². The highest BCUT2D eigenvalue weighted by Gasteiger charge is 2.32. The van der Waals surface area contributed by atoms with Crippen molar-refractivity contribution in [2.75, 3.05) is 13.2 Å². The lowest BCUT2D eigenvalue weighted by molar-refractivity contribution is -0.121. The highest BCUT2D eigenvalue weighted by atomic mass is 16.5. The monoisotopic (exact) mass is 210 g/mol. The largest absolute Gasteiger partial charge is 0.382 e. The zero-order valence-corrected chi connectivity index (χ0v) is 9.16. The SMILES string of the molecule is CCOCCCC(=O)NC(C#N)C1CC1. The average Bonchev–Trinajstić information content (AvgIpc) is 3.05. The normalized spacial score (nSPS) is 16.8. The summed E-state index contributed by atoms with van der Waals surface area (Å²) < 4.78 is 5.13. The first-order chi connectivity index (χ1) is 7.27. The summed E-state index contributed by atoms with van der Waals surface area (Å²) in [5.41, 5.74) is 0. The lowest BCUT2D eigenvalue weighted by Crippen LogP contribution is -2.35. The molecule has 0 aliphatic heterocycles. The molecular formula is C11H18N2O2. The molecule has 0 aromatic rings. The molecule has 1 saturated carbocycles. The number of nitrogens with zero attached hydrogens (tertiary/aromatic N) is 1. The molecule has 0 spiro atoms. The summed E-state index contributed by atoms with van der Waals surface area (Å²) in [5, 5.41) is 11.6. The molecule has 84 valence electrons. The van der Waals surface area contributed by atoms with Gasteiger partial charge in [0.25, 0.3) is 0 Å². The van der Waals surface area contributed by atoms with E-state index < -0.39 is 0 Å². The van der Waals surface area contributed by atoms with Crippen LogP contribution in [0.2, 0.25) is 0 Å². The number of rotatable bonds is 7. The Hall–Kier alpha value is -1.08. The van der Waals surface area contributed by atoms with Crippen LogP contribution in [0.1, 0.15) is 32.6 Å². The number of nitrogens with one attached hydrogen (secondary N) is 1. The molecule has 0 radical (unpaired) electrons.